The summed E-state index contributed by atoms with van der Waals surface area (Å²) in [5.74, 6) is 1.38. The van der Waals surface area contributed by atoms with Gasteiger partial charge in [0.1, 0.15) is 17.9 Å². The molecule has 2 aromatic carbocycles. The number of carbonyl (C=O) groups is 1. The Hall–Kier alpha value is -3.12. The van der Waals surface area contributed by atoms with Crippen LogP contribution in [0.3, 0.4) is 0 Å². The van der Waals surface area contributed by atoms with Gasteiger partial charge in [-0.2, -0.15) is 0 Å². The summed E-state index contributed by atoms with van der Waals surface area (Å²) >= 11 is 6.04. The van der Waals surface area contributed by atoms with Gasteiger partial charge in [0.15, 0.2) is 6.23 Å². The van der Waals surface area contributed by atoms with E-state index in [4.69, 9.17) is 16.3 Å². The number of hydrogen-bond donors (Lipinski definition) is 2. The molecule has 1 aliphatic rings. The summed E-state index contributed by atoms with van der Waals surface area (Å²) in [5.41, 5.74) is 2.57. The van der Waals surface area contributed by atoms with Gasteiger partial charge in [-0.05, 0) is 36.4 Å². The highest BCUT2D eigenvalue weighted by molar-refractivity contribution is 6.30. The van der Waals surface area contributed by atoms with E-state index < -0.39 is 0 Å². The maximum Gasteiger partial charge on any atom is 0.228 e. The number of β-lactam (4-membered cyclic amide) rings is 1. The Kier molecular flexibility index (Phi) is 4.41. The fourth-order valence-corrected chi connectivity index (χ4v) is 2.75. The summed E-state index contributed by atoms with van der Waals surface area (Å²) in [6.07, 6.45) is 1.67. The van der Waals surface area contributed by atoms with E-state index in [1.165, 1.54) is 6.33 Å². The predicted molar refractivity (Wildman–Crippen MR) is 99.4 cm³/mol. The fourth-order valence-electron chi connectivity index (χ4n) is 2.56. The first-order valence-electron chi connectivity index (χ1n) is 8.07. The fraction of sp³-hybridized carbons (Fsp3) is 0.105. The minimum absolute atomic E-state index is 0.00700. The molecule has 1 aliphatic heterocycles. The van der Waals surface area contributed by atoms with Crippen LogP contribution in [0, 0.1) is 0 Å². The van der Waals surface area contributed by atoms with Gasteiger partial charge in [0.2, 0.25) is 5.91 Å². The third kappa shape index (κ3) is 3.75. The molecule has 3 aromatic rings. The number of rotatable bonds is 5. The second kappa shape index (κ2) is 7.01. The molecule has 0 spiro atoms. The zero-order valence-electron chi connectivity index (χ0n) is 13.6. The standard InChI is InChI=1S/C19H15ClN4O2/c20-13-3-1-2-12(8-13)16-9-17(22-11-21-16)23-14-4-6-15(7-5-14)26-19-10-18(25)24-19/h1-9,11,19H,10H2,(H,24,25)(H,21,22,23). The molecule has 1 saturated heterocycles. The lowest BCUT2D eigenvalue weighted by Gasteiger charge is -2.27. The van der Waals surface area contributed by atoms with Gasteiger partial charge in [0.05, 0.1) is 12.1 Å². The summed E-state index contributed by atoms with van der Waals surface area (Å²) in [5, 5.41) is 6.56. The summed E-state index contributed by atoms with van der Waals surface area (Å²) in [6, 6.07) is 16.8. The van der Waals surface area contributed by atoms with Gasteiger partial charge < -0.3 is 15.4 Å². The Morgan fingerprint density at radius 3 is 2.65 bits per heavy atom. The number of nitrogens with one attached hydrogen (secondary N) is 2. The first-order valence-corrected chi connectivity index (χ1v) is 8.45. The number of hydrogen-bond acceptors (Lipinski definition) is 5. The molecule has 4 rings (SSSR count). The second-order valence-electron chi connectivity index (χ2n) is 5.83. The highest BCUT2D eigenvalue weighted by Gasteiger charge is 2.26. The number of nitrogens with zero attached hydrogens (tertiary/aromatic N) is 2. The molecule has 0 bridgehead atoms. The van der Waals surface area contributed by atoms with Crippen LogP contribution in [0.25, 0.3) is 11.3 Å². The molecule has 1 fully saturated rings. The van der Waals surface area contributed by atoms with E-state index in [0.717, 1.165) is 16.9 Å². The molecular formula is C19H15ClN4O2. The number of amides is 1. The molecule has 130 valence electrons. The van der Waals surface area contributed by atoms with Crippen molar-refractivity contribution in [2.45, 2.75) is 12.6 Å². The number of anilines is 2. The zero-order chi connectivity index (χ0) is 17.9. The van der Waals surface area contributed by atoms with Crippen molar-refractivity contribution in [1.29, 1.82) is 0 Å². The van der Waals surface area contributed by atoms with Gasteiger partial charge in [0, 0.05) is 22.3 Å². The molecular weight excluding hydrogens is 352 g/mol. The van der Waals surface area contributed by atoms with Crippen molar-refractivity contribution in [3.8, 4) is 17.0 Å². The first kappa shape index (κ1) is 16.4. The van der Waals surface area contributed by atoms with Gasteiger partial charge in [0.25, 0.3) is 0 Å². The van der Waals surface area contributed by atoms with Gasteiger partial charge >= 0.3 is 0 Å². The van der Waals surface area contributed by atoms with E-state index >= 15 is 0 Å². The summed E-state index contributed by atoms with van der Waals surface area (Å²) < 4.78 is 5.62. The van der Waals surface area contributed by atoms with Crippen molar-refractivity contribution in [3.05, 3.63) is 65.9 Å². The van der Waals surface area contributed by atoms with E-state index in [1.54, 1.807) is 0 Å². The largest absolute Gasteiger partial charge is 0.470 e. The predicted octanol–water partition coefficient (Wildman–Crippen LogP) is 3.77. The summed E-state index contributed by atoms with van der Waals surface area (Å²) in [4.78, 5) is 19.4. The van der Waals surface area contributed by atoms with Crippen LogP contribution in [0.2, 0.25) is 5.02 Å². The molecule has 1 amide bonds. The number of ether oxygens (including phenoxy) is 1. The monoisotopic (exact) mass is 366 g/mol. The average Bonchev–Trinajstić information content (AvgIpc) is 2.62. The quantitative estimate of drug-likeness (QED) is 0.672. The van der Waals surface area contributed by atoms with Crippen LogP contribution in [-0.4, -0.2) is 22.1 Å². The smallest absolute Gasteiger partial charge is 0.228 e. The normalized spacial score (nSPS) is 15.7. The number of aromatic nitrogens is 2. The average molecular weight is 367 g/mol. The third-order valence-corrected chi connectivity index (χ3v) is 4.12. The lowest BCUT2D eigenvalue weighted by Crippen LogP contribution is -2.51. The van der Waals surface area contributed by atoms with Crippen LogP contribution in [-0.2, 0) is 4.79 Å². The van der Waals surface area contributed by atoms with Gasteiger partial charge in [-0.1, -0.05) is 23.7 Å². The molecule has 7 heteroatoms. The van der Waals surface area contributed by atoms with Crippen molar-refractivity contribution in [3.63, 3.8) is 0 Å². The molecule has 0 radical (unpaired) electrons. The van der Waals surface area contributed by atoms with Crippen LogP contribution >= 0.6 is 11.6 Å². The Morgan fingerprint density at radius 1 is 1.12 bits per heavy atom. The molecule has 26 heavy (non-hydrogen) atoms. The van der Waals surface area contributed by atoms with E-state index in [1.807, 2.05) is 54.6 Å². The number of carbonyl (C=O) groups excluding carboxylic acids is 1. The Balaban J connectivity index is 1.45. The van der Waals surface area contributed by atoms with Crippen LogP contribution in [0.15, 0.2) is 60.9 Å². The van der Waals surface area contributed by atoms with Gasteiger partial charge in [-0.3, -0.25) is 4.79 Å². The topological polar surface area (TPSA) is 76.1 Å². The van der Waals surface area contributed by atoms with Crippen molar-refractivity contribution >= 4 is 29.0 Å². The van der Waals surface area contributed by atoms with Crippen molar-refractivity contribution in [1.82, 2.24) is 15.3 Å². The Labute approximate surface area is 155 Å². The van der Waals surface area contributed by atoms with Crippen LogP contribution in [0.1, 0.15) is 6.42 Å². The van der Waals surface area contributed by atoms with Gasteiger partial charge in [-0.25, -0.2) is 9.97 Å². The van der Waals surface area contributed by atoms with E-state index in [-0.39, 0.29) is 12.1 Å². The van der Waals surface area contributed by atoms with Crippen LogP contribution in [0.4, 0.5) is 11.5 Å². The molecule has 6 nitrogen and oxygen atoms in total. The van der Waals surface area contributed by atoms with Gasteiger partial charge in [-0.15, -0.1) is 0 Å². The summed E-state index contributed by atoms with van der Waals surface area (Å²) in [7, 11) is 0. The zero-order valence-corrected chi connectivity index (χ0v) is 14.4. The van der Waals surface area contributed by atoms with Crippen LogP contribution in [0.5, 0.6) is 5.75 Å². The molecule has 1 unspecified atom stereocenters. The Morgan fingerprint density at radius 2 is 1.92 bits per heavy atom. The Bertz CT molecular complexity index is 938. The van der Waals surface area contributed by atoms with Crippen molar-refractivity contribution in [2.24, 2.45) is 0 Å². The number of halogens is 1. The van der Waals surface area contributed by atoms with Crippen LogP contribution < -0.4 is 15.4 Å². The summed E-state index contributed by atoms with van der Waals surface area (Å²) in [6.45, 7) is 0. The molecule has 0 aliphatic carbocycles. The molecule has 2 heterocycles. The minimum atomic E-state index is -0.233. The molecule has 1 aromatic heterocycles. The highest BCUT2D eigenvalue weighted by atomic mass is 35.5. The van der Waals surface area contributed by atoms with E-state index in [0.29, 0.717) is 23.0 Å². The SMILES string of the molecule is O=C1CC(Oc2ccc(Nc3cc(-c4cccc(Cl)c4)ncn3)cc2)N1. The lowest BCUT2D eigenvalue weighted by atomic mass is 10.1. The van der Waals surface area contributed by atoms with Crippen molar-refractivity contribution < 1.29 is 9.53 Å². The molecule has 1 atom stereocenters. The van der Waals surface area contributed by atoms with E-state index in [9.17, 15) is 4.79 Å². The maximum absolute atomic E-state index is 10.9. The highest BCUT2D eigenvalue weighted by Crippen LogP contribution is 2.25. The van der Waals surface area contributed by atoms with E-state index in [2.05, 4.69) is 20.6 Å². The first-order chi connectivity index (χ1) is 12.7. The maximum atomic E-state index is 10.9. The minimum Gasteiger partial charge on any atom is -0.470 e. The van der Waals surface area contributed by atoms with Crippen molar-refractivity contribution in [2.75, 3.05) is 5.32 Å². The lowest BCUT2D eigenvalue weighted by molar-refractivity contribution is -0.134. The number of benzene rings is 2. The molecule has 0 saturated carbocycles. The second-order valence-corrected chi connectivity index (χ2v) is 6.26. The third-order valence-electron chi connectivity index (χ3n) is 3.89. The molecule has 2 N–H and O–H groups in total.